The second-order valence-corrected chi connectivity index (χ2v) is 15.0. The molecular formula is C40H36N2O3S3. The number of carboxylic acids is 1. The van der Waals surface area contributed by atoms with Crippen LogP contribution in [0.4, 0.5) is 11.4 Å². The molecule has 4 aromatic rings. The molecule has 2 aliphatic heterocycles. The Labute approximate surface area is 295 Å². The van der Waals surface area contributed by atoms with Gasteiger partial charge in [0.05, 0.1) is 4.91 Å². The van der Waals surface area contributed by atoms with E-state index >= 15 is 0 Å². The first-order valence-electron chi connectivity index (χ1n) is 16.3. The summed E-state index contributed by atoms with van der Waals surface area (Å²) in [6.07, 6.45) is 13.8. The Morgan fingerprint density at radius 2 is 1.52 bits per heavy atom. The van der Waals surface area contributed by atoms with Crippen LogP contribution in [0.5, 0.6) is 0 Å². The fourth-order valence-electron chi connectivity index (χ4n) is 7.04. The number of amides is 1. The van der Waals surface area contributed by atoms with E-state index in [1.807, 2.05) is 6.08 Å². The van der Waals surface area contributed by atoms with E-state index in [0.29, 0.717) is 16.9 Å². The van der Waals surface area contributed by atoms with Crippen LogP contribution in [0.1, 0.15) is 58.6 Å². The zero-order chi connectivity index (χ0) is 33.2. The van der Waals surface area contributed by atoms with Gasteiger partial charge >= 0.3 is 5.97 Å². The normalized spacial score (nSPS) is 19.5. The Kier molecular flexibility index (Phi) is 9.57. The lowest BCUT2D eigenvalue weighted by Gasteiger charge is -2.27. The van der Waals surface area contributed by atoms with E-state index in [2.05, 4.69) is 114 Å². The second kappa shape index (κ2) is 14.2. The fourth-order valence-corrected chi connectivity index (χ4v) is 8.70. The Balaban J connectivity index is 1.01. The van der Waals surface area contributed by atoms with Crippen LogP contribution in [0.25, 0.3) is 18.2 Å². The van der Waals surface area contributed by atoms with Crippen molar-refractivity contribution in [3.05, 3.63) is 129 Å². The van der Waals surface area contributed by atoms with Crippen LogP contribution in [0, 0.1) is 0 Å². The first-order valence-corrected chi connectivity index (χ1v) is 18.7. The van der Waals surface area contributed by atoms with Crippen LogP contribution < -0.4 is 4.90 Å². The summed E-state index contributed by atoms with van der Waals surface area (Å²) in [6.45, 7) is -0.413. The number of thioether (sulfide) groups is 2. The molecule has 48 heavy (non-hydrogen) atoms. The number of hydrogen-bond donors (Lipinski definition) is 1. The monoisotopic (exact) mass is 688 g/mol. The van der Waals surface area contributed by atoms with Gasteiger partial charge in [0, 0.05) is 28.2 Å². The van der Waals surface area contributed by atoms with Crippen molar-refractivity contribution in [3.8, 4) is 0 Å². The molecule has 1 saturated heterocycles. The maximum Gasteiger partial charge on any atom is 0.323 e. The first-order chi connectivity index (χ1) is 23.4. The van der Waals surface area contributed by atoms with Crippen LogP contribution in [-0.2, 0) is 22.4 Å². The molecular weight excluding hydrogens is 653 g/mol. The zero-order valence-electron chi connectivity index (χ0n) is 26.7. The quantitative estimate of drug-likeness (QED) is 0.0771. The number of nitrogens with zero attached hydrogens (tertiary/aromatic N) is 2. The third-order valence-corrected chi connectivity index (χ3v) is 11.6. The molecule has 1 amide bonds. The molecule has 1 N–H and O–H groups in total. The lowest BCUT2D eigenvalue weighted by molar-refractivity contribution is -0.140. The first kappa shape index (κ1) is 32.4. The molecule has 242 valence electrons. The standard InChI is InChI=1S/C40H36N2O3S3/c1-47-32-20-15-29(16-21-32)12-10-27-7-5-26(6-8-27)9-11-28-13-18-31(19-14-28)42-35-4-2-3-33(35)34-23-30(17-22-36(34)42)24-37-39(45)41(25-38(43)44)40(46)48-37/h5-8,10,12-24,33,35H,2-4,9,11,25H2,1H3,(H,43,44)/b12-10?,37-24-. The Morgan fingerprint density at radius 1 is 0.896 bits per heavy atom. The minimum Gasteiger partial charge on any atom is -0.480 e. The number of carbonyl (C=O) groups is 2. The van der Waals surface area contributed by atoms with Gasteiger partial charge in [-0.2, -0.15) is 0 Å². The van der Waals surface area contributed by atoms with Gasteiger partial charge in [-0.1, -0.05) is 97.1 Å². The van der Waals surface area contributed by atoms with Crippen molar-refractivity contribution < 1.29 is 14.7 Å². The van der Waals surface area contributed by atoms with E-state index in [0.717, 1.165) is 36.1 Å². The van der Waals surface area contributed by atoms with Crippen molar-refractivity contribution in [2.45, 2.75) is 49.0 Å². The van der Waals surface area contributed by atoms with Crippen molar-refractivity contribution in [2.24, 2.45) is 0 Å². The lowest BCUT2D eigenvalue weighted by Crippen LogP contribution is -2.33. The number of benzene rings is 4. The SMILES string of the molecule is CSc1ccc(C=Cc2ccc(CCc3ccc(N4c5ccc(/C=C6\SC(=S)N(CC(=O)O)C6=O)cc5C5CCCC54)cc3)cc2)cc1. The zero-order valence-corrected chi connectivity index (χ0v) is 29.1. The number of aryl methyl sites for hydroxylation is 2. The molecule has 5 nitrogen and oxygen atoms in total. The van der Waals surface area contributed by atoms with E-state index in [1.54, 1.807) is 11.8 Å². The van der Waals surface area contributed by atoms with Crippen molar-refractivity contribution >= 4 is 81.5 Å². The summed E-state index contributed by atoms with van der Waals surface area (Å²) < 4.78 is 0.287. The molecule has 2 unspecified atom stereocenters. The fraction of sp³-hybridized carbons (Fsp3) is 0.225. The van der Waals surface area contributed by atoms with E-state index < -0.39 is 12.5 Å². The highest BCUT2D eigenvalue weighted by Gasteiger charge is 2.42. The lowest BCUT2D eigenvalue weighted by atomic mass is 9.96. The van der Waals surface area contributed by atoms with Crippen LogP contribution >= 0.6 is 35.7 Å². The Bertz CT molecular complexity index is 1920. The van der Waals surface area contributed by atoms with Crippen molar-refractivity contribution in [2.75, 3.05) is 17.7 Å². The number of anilines is 2. The maximum atomic E-state index is 12.8. The van der Waals surface area contributed by atoms with Gasteiger partial charge in [-0.15, -0.1) is 11.8 Å². The van der Waals surface area contributed by atoms with Crippen LogP contribution in [0.3, 0.4) is 0 Å². The van der Waals surface area contributed by atoms with Gasteiger partial charge in [0.2, 0.25) is 0 Å². The van der Waals surface area contributed by atoms with Crippen molar-refractivity contribution in [1.29, 1.82) is 0 Å². The minimum atomic E-state index is -1.08. The van der Waals surface area contributed by atoms with Crippen molar-refractivity contribution in [1.82, 2.24) is 4.90 Å². The molecule has 7 rings (SSSR count). The number of carboxylic acid groups (broad SMARTS) is 1. The van der Waals surface area contributed by atoms with Gasteiger partial charge in [0.15, 0.2) is 0 Å². The molecule has 3 aliphatic rings. The van der Waals surface area contributed by atoms with E-state index in [9.17, 15) is 9.59 Å². The molecule has 0 aromatic heterocycles. The van der Waals surface area contributed by atoms with Crippen LogP contribution in [-0.4, -0.2) is 45.0 Å². The van der Waals surface area contributed by atoms with E-state index in [1.165, 1.54) is 62.3 Å². The Morgan fingerprint density at radius 3 is 2.17 bits per heavy atom. The third kappa shape index (κ3) is 6.88. The van der Waals surface area contributed by atoms with Gasteiger partial charge in [0.1, 0.15) is 10.9 Å². The second-order valence-electron chi connectivity index (χ2n) is 12.5. The number of thiocarbonyl (C=S) groups is 1. The topological polar surface area (TPSA) is 60.9 Å². The summed E-state index contributed by atoms with van der Waals surface area (Å²) in [7, 11) is 0. The van der Waals surface area contributed by atoms with Gasteiger partial charge in [-0.3, -0.25) is 14.5 Å². The molecule has 1 saturated carbocycles. The molecule has 2 fully saturated rings. The highest BCUT2D eigenvalue weighted by molar-refractivity contribution is 8.26. The Hall–Kier alpha value is -4.11. The number of rotatable bonds is 10. The van der Waals surface area contributed by atoms with Gasteiger partial charge in [-0.05, 0) is 108 Å². The molecule has 2 atom stereocenters. The van der Waals surface area contributed by atoms with Gasteiger partial charge in [-0.25, -0.2) is 0 Å². The van der Waals surface area contributed by atoms with Crippen LogP contribution in [0.15, 0.2) is 101 Å². The number of carbonyl (C=O) groups excluding carboxylic acids is 1. The maximum absolute atomic E-state index is 12.8. The number of fused-ring (bicyclic) bond motifs is 3. The minimum absolute atomic E-state index is 0.287. The number of hydrogen-bond acceptors (Lipinski definition) is 6. The predicted molar refractivity (Wildman–Crippen MR) is 204 cm³/mol. The number of aliphatic carboxylic acids is 1. The average molecular weight is 689 g/mol. The largest absolute Gasteiger partial charge is 0.480 e. The molecule has 0 bridgehead atoms. The summed E-state index contributed by atoms with van der Waals surface area (Å²) in [6, 6.07) is 33.4. The molecule has 2 heterocycles. The highest BCUT2D eigenvalue weighted by atomic mass is 32.2. The third-order valence-electron chi connectivity index (χ3n) is 9.47. The summed E-state index contributed by atoms with van der Waals surface area (Å²) >= 11 is 8.20. The smallest absolute Gasteiger partial charge is 0.323 e. The molecule has 1 aliphatic carbocycles. The summed E-state index contributed by atoms with van der Waals surface area (Å²) in [5.41, 5.74) is 9.79. The predicted octanol–water partition coefficient (Wildman–Crippen LogP) is 9.44. The molecule has 0 radical (unpaired) electrons. The van der Waals surface area contributed by atoms with Gasteiger partial charge in [0.25, 0.3) is 5.91 Å². The van der Waals surface area contributed by atoms with E-state index in [4.69, 9.17) is 17.3 Å². The van der Waals surface area contributed by atoms with E-state index in [-0.39, 0.29) is 10.2 Å². The van der Waals surface area contributed by atoms with Crippen LogP contribution in [0.2, 0.25) is 0 Å². The summed E-state index contributed by atoms with van der Waals surface area (Å²) in [5.74, 6) is -0.965. The molecule has 0 spiro atoms. The summed E-state index contributed by atoms with van der Waals surface area (Å²) in [5, 5.41) is 9.16. The molecule has 8 heteroatoms. The van der Waals surface area contributed by atoms with Crippen molar-refractivity contribution in [3.63, 3.8) is 0 Å². The van der Waals surface area contributed by atoms with Gasteiger partial charge < -0.3 is 10.0 Å². The summed E-state index contributed by atoms with van der Waals surface area (Å²) in [4.78, 5) is 29.4. The highest BCUT2D eigenvalue weighted by Crippen LogP contribution is 2.52. The molecule has 4 aromatic carbocycles. The average Bonchev–Trinajstić information content (AvgIpc) is 3.77.